The average molecular weight is 316 g/mol. The number of aromatic amines is 1. The van der Waals surface area contributed by atoms with Crippen molar-refractivity contribution in [2.75, 3.05) is 0 Å². The van der Waals surface area contributed by atoms with Crippen LogP contribution in [0.5, 0.6) is 5.75 Å². The molecule has 0 bridgehead atoms. The first-order chi connectivity index (χ1) is 10.8. The Morgan fingerprint density at radius 3 is 2.70 bits per heavy atom. The van der Waals surface area contributed by atoms with Gasteiger partial charge in [0.05, 0.1) is 0 Å². The molecule has 1 aliphatic rings. The van der Waals surface area contributed by atoms with Crippen LogP contribution in [-0.2, 0) is 0 Å². The summed E-state index contributed by atoms with van der Waals surface area (Å²) in [6.07, 6.45) is -0.437. The third-order valence-corrected chi connectivity index (χ3v) is 4.00. The molecule has 0 spiro atoms. The van der Waals surface area contributed by atoms with E-state index in [-0.39, 0.29) is 0 Å². The SMILES string of the molecule is CC1(C)Oc2ccc(C=O)cc2C(n2[nH]c(=O)ccc2=O)C1O. The number of benzene rings is 1. The van der Waals surface area contributed by atoms with Gasteiger partial charge in [-0.2, -0.15) is 0 Å². The summed E-state index contributed by atoms with van der Waals surface area (Å²) in [7, 11) is 0. The smallest absolute Gasteiger partial charge is 0.265 e. The van der Waals surface area contributed by atoms with Gasteiger partial charge in [0.2, 0.25) is 0 Å². The molecule has 2 aromatic rings. The molecule has 1 aromatic carbocycles. The van der Waals surface area contributed by atoms with Gasteiger partial charge in [0.15, 0.2) is 0 Å². The number of carbonyl (C=O) groups excluding carboxylic acids is 1. The lowest BCUT2D eigenvalue weighted by atomic mass is 9.86. The molecule has 120 valence electrons. The van der Waals surface area contributed by atoms with E-state index in [1.165, 1.54) is 0 Å². The van der Waals surface area contributed by atoms with Crippen LogP contribution in [0.4, 0.5) is 0 Å². The Labute approximate surface area is 131 Å². The van der Waals surface area contributed by atoms with Crippen LogP contribution in [0.2, 0.25) is 0 Å². The highest BCUT2D eigenvalue weighted by molar-refractivity contribution is 5.76. The number of nitrogens with one attached hydrogen (secondary N) is 1. The van der Waals surface area contributed by atoms with Crippen molar-refractivity contribution < 1.29 is 14.6 Å². The van der Waals surface area contributed by atoms with Gasteiger partial charge in [-0.15, -0.1) is 0 Å². The summed E-state index contributed by atoms with van der Waals surface area (Å²) in [6.45, 7) is 3.38. The van der Waals surface area contributed by atoms with Crippen LogP contribution in [-0.4, -0.2) is 32.9 Å². The molecule has 0 fully saturated rings. The van der Waals surface area contributed by atoms with Gasteiger partial charge < -0.3 is 9.84 Å². The Morgan fingerprint density at radius 2 is 2.00 bits per heavy atom. The minimum absolute atomic E-state index is 0.385. The lowest BCUT2D eigenvalue weighted by Gasteiger charge is -2.42. The number of aliphatic hydroxyl groups excluding tert-OH is 1. The standard InChI is InChI=1S/C16H16N2O5/c1-16(2)15(22)14(18-13(21)6-5-12(20)17-18)10-7-9(8-19)3-4-11(10)23-16/h3-8,14-15,22H,1-2H3,(H,17,20). The van der Waals surface area contributed by atoms with Gasteiger partial charge >= 0.3 is 0 Å². The molecule has 2 atom stereocenters. The highest BCUT2D eigenvalue weighted by atomic mass is 16.5. The third kappa shape index (κ3) is 2.49. The summed E-state index contributed by atoms with van der Waals surface area (Å²) in [6, 6.07) is 6.15. The number of aromatic nitrogens is 2. The van der Waals surface area contributed by atoms with Crippen molar-refractivity contribution >= 4 is 6.29 Å². The predicted molar refractivity (Wildman–Crippen MR) is 82.0 cm³/mol. The van der Waals surface area contributed by atoms with E-state index in [2.05, 4.69) is 5.10 Å². The Kier molecular flexibility index (Phi) is 3.45. The van der Waals surface area contributed by atoms with Crippen LogP contribution in [0.15, 0.2) is 39.9 Å². The van der Waals surface area contributed by atoms with E-state index in [0.717, 1.165) is 16.8 Å². The topological polar surface area (TPSA) is 101 Å². The molecule has 2 unspecified atom stereocenters. The van der Waals surface area contributed by atoms with Gasteiger partial charge in [0.1, 0.15) is 29.8 Å². The first kappa shape index (κ1) is 15.2. The van der Waals surface area contributed by atoms with Gasteiger partial charge in [-0.25, -0.2) is 4.68 Å². The summed E-state index contributed by atoms with van der Waals surface area (Å²) in [5.74, 6) is 0.451. The Morgan fingerprint density at radius 1 is 1.26 bits per heavy atom. The van der Waals surface area contributed by atoms with E-state index in [1.807, 2.05) is 0 Å². The maximum atomic E-state index is 12.2. The fourth-order valence-electron chi connectivity index (χ4n) is 2.78. The van der Waals surface area contributed by atoms with Gasteiger partial charge in [-0.3, -0.25) is 19.5 Å². The Bertz CT molecular complexity index is 881. The van der Waals surface area contributed by atoms with Crippen molar-refractivity contribution in [3.63, 3.8) is 0 Å². The second-order valence-electron chi connectivity index (χ2n) is 6.03. The van der Waals surface area contributed by atoms with E-state index in [4.69, 9.17) is 4.74 Å². The van der Waals surface area contributed by atoms with Gasteiger partial charge in [-0.05, 0) is 32.0 Å². The van der Waals surface area contributed by atoms with Crippen LogP contribution in [0, 0.1) is 0 Å². The number of carbonyl (C=O) groups is 1. The van der Waals surface area contributed by atoms with Crippen molar-refractivity contribution in [1.29, 1.82) is 0 Å². The molecule has 0 aliphatic carbocycles. The fraction of sp³-hybridized carbons (Fsp3) is 0.312. The number of H-pyrrole nitrogens is 1. The van der Waals surface area contributed by atoms with E-state index in [9.17, 15) is 19.5 Å². The maximum Gasteiger partial charge on any atom is 0.265 e. The Balaban J connectivity index is 2.29. The van der Waals surface area contributed by atoms with E-state index >= 15 is 0 Å². The summed E-state index contributed by atoms with van der Waals surface area (Å²) in [5, 5.41) is 13.1. The summed E-state index contributed by atoms with van der Waals surface area (Å²) < 4.78 is 6.85. The minimum atomic E-state index is -1.10. The lowest BCUT2D eigenvalue weighted by Crippen LogP contribution is -2.53. The van der Waals surface area contributed by atoms with Crippen LogP contribution in [0.1, 0.15) is 35.8 Å². The molecule has 1 aromatic heterocycles. The second-order valence-corrected chi connectivity index (χ2v) is 6.03. The molecule has 1 aliphatic heterocycles. The van der Waals surface area contributed by atoms with E-state index < -0.39 is 28.9 Å². The zero-order chi connectivity index (χ0) is 16.8. The maximum absolute atomic E-state index is 12.2. The molecular weight excluding hydrogens is 300 g/mol. The van der Waals surface area contributed by atoms with Crippen molar-refractivity contribution in [3.8, 4) is 5.75 Å². The molecule has 2 heterocycles. The minimum Gasteiger partial charge on any atom is -0.485 e. The molecule has 23 heavy (non-hydrogen) atoms. The number of hydrogen-bond donors (Lipinski definition) is 2. The third-order valence-electron chi connectivity index (χ3n) is 4.00. The quantitative estimate of drug-likeness (QED) is 0.784. The molecule has 2 N–H and O–H groups in total. The lowest BCUT2D eigenvalue weighted by molar-refractivity contribution is -0.0668. The number of aldehydes is 1. The van der Waals surface area contributed by atoms with Crippen LogP contribution < -0.4 is 15.9 Å². The number of hydrogen-bond acceptors (Lipinski definition) is 5. The van der Waals surface area contributed by atoms with Crippen molar-refractivity contribution in [1.82, 2.24) is 9.78 Å². The monoisotopic (exact) mass is 316 g/mol. The highest BCUT2D eigenvalue weighted by Crippen LogP contribution is 2.41. The molecule has 0 saturated carbocycles. The van der Waals surface area contributed by atoms with Crippen LogP contribution in [0.3, 0.4) is 0 Å². The first-order valence-electron chi connectivity index (χ1n) is 7.11. The van der Waals surface area contributed by atoms with Crippen molar-refractivity contribution in [2.45, 2.75) is 31.6 Å². The summed E-state index contributed by atoms with van der Waals surface area (Å²) in [5.41, 5.74) is -1.06. The first-order valence-corrected chi connectivity index (χ1v) is 7.11. The number of nitrogens with zero attached hydrogens (tertiary/aromatic N) is 1. The molecule has 7 nitrogen and oxygen atoms in total. The van der Waals surface area contributed by atoms with Crippen LogP contribution in [0.25, 0.3) is 0 Å². The predicted octanol–water partition coefficient (Wildman–Crippen LogP) is 0.470. The molecular formula is C16H16N2O5. The number of aliphatic hydroxyl groups is 1. The molecule has 3 rings (SSSR count). The fourth-order valence-corrected chi connectivity index (χ4v) is 2.78. The molecule has 0 saturated heterocycles. The zero-order valence-corrected chi connectivity index (χ0v) is 12.6. The van der Waals surface area contributed by atoms with Crippen molar-refractivity contribution in [3.05, 3.63) is 62.2 Å². The van der Waals surface area contributed by atoms with Gasteiger partial charge in [0, 0.05) is 23.3 Å². The van der Waals surface area contributed by atoms with Crippen molar-refractivity contribution in [2.24, 2.45) is 0 Å². The number of fused-ring (bicyclic) bond motifs is 1. The Hall–Kier alpha value is -2.67. The van der Waals surface area contributed by atoms with Gasteiger partial charge in [0.25, 0.3) is 11.1 Å². The largest absolute Gasteiger partial charge is 0.485 e. The summed E-state index contributed by atoms with van der Waals surface area (Å²) >= 11 is 0. The van der Waals surface area contributed by atoms with Gasteiger partial charge in [-0.1, -0.05) is 0 Å². The van der Waals surface area contributed by atoms with Crippen LogP contribution >= 0.6 is 0 Å². The van der Waals surface area contributed by atoms with E-state index in [0.29, 0.717) is 23.2 Å². The molecule has 7 heteroatoms. The molecule has 0 radical (unpaired) electrons. The average Bonchev–Trinajstić information content (AvgIpc) is 2.51. The number of rotatable bonds is 2. The normalized spacial score (nSPS) is 22.0. The number of ether oxygens (including phenoxy) is 1. The van der Waals surface area contributed by atoms with E-state index in [1.54, 1.807) is 32.0 Å². The molecule has 0 amide bonds. The highest BCUT2D eigenvalue weighted by Gasteiger charge is 2.44. The summed E-state index contributed by atoms with van der Waals surface area (Å²) in [4.78, 5) is 34.8. The zero-order valence-electron chi connectivity index (χ0n) is 12.6. The second kappa shape index (κ2) is 5.20.